The number of unbranched alkanes of at least 4 members (excludes halogenated alkanes) is 1. The maximum Gasteiger partial charge on any atom is 0.326 e. The van der Waals surface area contributed by atoms with E-state index < -0.39 is 12.0 Å². The maximum absolute atomic E-state index is 11.2. The van der Waals surface area contributed by atoms with Crippen LogP contribution in [0.3, 0.4) is 0 Å². The topological polar surface area (TPSA) is 84.3 Å². The number of anilines is 1. The molecule has 2 rings (SSSR count). The second-order valence-corrected chi connectivity index (χ2v) is 4.81. The van der Waals surface area contributed by atoms with Crippen LogP contribution in [0.5, 0.6) is 11.6 Å². The first kappa shape index (κ1) is 15.8. The predicted octanol–water partition coefficient (Wildman–Crippen LogP) is 3.32. The Balaban J connectivity index is 2.05. The molecule has 0 unspecified atom stereocenters. The highest BCUT2D eigenvalue weighted by Gasteiger charge is 2.17. The molecule has 1 atom stereocenters. The van der Waals surface area contributed by atoms with Crippen molar-refractivity contribution in [2.24, 2.45) is 0 Å². The molecule has 0 saturated carbocycles. The summed E-state index contributed by atoms with van der Waals surface area (Å²) in [6.45, 7) is 2.02. The van der Waals surface area contributed by atoms with Gasteiger partial charge in [0.2, 0.25) is 11.8 Å². The summed E-state index contributed by atoms with van der Waals surface area (Å²) in [7, 11) is 0. The molecule has 0 fully saturated rings. The number of ether oxygens (including phenoxy) is 1. The summed E-state index contributed by atoms with van der Waals surface area (Å²) >= 11 is 0. The molecule has 0 aliphatic carbocycles. The molecule has 2 N–H and O–H groups in total. The molecule has 1 aromatic heterocycles. The third kappa shape index (κ3) is 4.73. The van der Waals surface area contributed by atoms with Gasteiger partial charge in [-0.25, -0.2) is 9.78 Å². The second kappa shape index (κ2) is 7.97. The summed E-state index contributed by atoms with van der Waals surface area (Å²) in [5.41, 5.74) is 0. The van der Waals surface area contributed by atoms with E-state index in [0.717, 1.165) is 12.8 Å². The van der Waals surface area contributed by atoms with E-state index in [4.69, 9.17) is 4.74 Å². The zero-order valence-corrected chi connectivity index (χ0v) is 12.4. The van der Waals surface area contributed by atoms with E-state index in [1.165, 1.54) is 6.20 Å². The monoisotopic (exact) mass is 301 g/mol. The average Bonchev–Trinajstić information content (AvgIpc) is 2.52. The van der Waals surface area contributed by atoms with Gasteiger partial charge in [0.15, 0.2) is 0 Å². The summed E-state index contributed by atoms with van der Waals surface area (Å²) in [4.78, 5) is 19.5. The van der Waals surface area contributed by atoms with Gasteiger partial charge in [-0.15, -0.1) is 0 Å². The maximum atomic E-state index is 11.2. The van der Waals surface area contributed by atoms with Gasteiger partial charge in [-0.2, -0.15) is 4.98 Å². The summed E-state index contributed by atoms with van der Waals surface area (Å²) in [6, 6.07) is 10.2. The van der Waals surface area contributed by atoms with E-state index in [1.807, 2.05) is 37.3 Å². The summed E-state index contributed by atoms with van der Waals surface area (Å²) in [5, 5.41) is 12.1. The van der Waals surface area contributed by atoms with Crippen molar-refractivity contribution in [3.05, 3.63) is 42.6 Å². The summed E-state index contributed by atoms with van der Waals surface area (Å²) < 4.78 is 5.60. The molecule has 0 saturated heterocycles. The Morgan fingerprint density at radius 3 is 2.77 bits per heavy atom. The molecule has 6 heteroatoms. The minimum Gasteiger partial charge on any atom is -0.480 e. The van der Waals surface area contributed by atoms with Crippen LogP contribution in [0.1, 0.15) is 26.2 Å². The number of para-hydroxylation sites is 1. The molecule has 116 valence electrons. The number of benzene rings is 1. The number of carboxylic acids is 1. The van der Waals surface area contributed by atoms with E-state index in [-0.39, 0.29) is 5.95 Å². The smallest absolute Gasteiger partial charge is 0.326 e. The van der Waals surface area contributed by atoms with Crippen molar-refractivity contribution in [1.82, 2.24) is 9.97 Å². The second-order valence-electron chi connectivity index (χ2n) is 4.81. The Bertz CT molecular complexity index is 605. The quantitative estimate of drug-likeness (QED) is 0.778. The van der Waals surface area contributed by atoms with E-state index >= 15 is 0 Å². The van der Waals surface area contributed by atoms with Crippen molar-refractivity contribution in [1.29, 1.82) is 0 Å². The van der Waals surface area contributed by atoms with Crippen LogP contribution in [0.25, 0.3) is 0 Å². The van der Waals surface area contributed by atoms with Gasteiger partial charge in [0.1, 0.15) is 11.8 Å². The normalized spacial score (nSPS) is 11.7. The molecule has 2 aromatic rings. The van der Waals surface area contributed by atoms with Gasteiger partial charge in [0.05, 0.1) is 0 Å². The number of hydrogen-bond donors (Lipinski definition) is 2. The number of carbonyl (C=O) groups is 1. The Morgan fingerprint density at radius 1 is 1.32 bits per heavy atom. The number of hydrogen-bond acceptors (Lipinski definition) is 5. The van der Waals surface area contributed by atoms with Crippen LogP contribution in [-0.4, -0.2) is 27.1 Å². The zero-order valence-electron chi connectivity index (χ0n) is 12.4. The molecular weight excluding hydrogens is 282 g/mol. The van der Waals surface area contributed by atoms with Crippen LogP contribution in [0.15, 0.2) is 42.6 Å². The highest BCUT2D eigenvalue weighted by molar-refractivity contribution is 5.76. The fourth-order valence-corrected chi connectivity index (χ4v) is 1.90. The van der Waals surface area contributed by atoms with E-state index in [2.05, 4.69) is 15.3 Å². The van der Waals surface area contributed by atoms with Gasteiger partial charge in [-0.3, -0.25) is 0 Å². The first-order valence-corrected chi connectivity index (χ1v) is 7.24. The Kier molecular flexibility index (Phi) is 5.71. The lowest BCUT2D eigenvalue weighted by Gasteiger charge is -2.14. The first-order valence-electron chi connectivity index (χ1n) is 7.24. The molecule has 0 aliphatic heterocycles. The zero-order chi connectivity index (χ0) is 15.8. The van der Waals surface area contributed by atoms with Crippen molar-refractivity contribution in [2.75, 3.05) is 5.32 Å². The standard InChI is InChI=1S/C16H19N3O3/c1-2-3-9-13(15(20)21)18-16-17-11-10-14(19-16)22-12-7-5-4-6-8-12/h4-8,10-11,13H,2-3,9H2,1H3,(H,20,21)(H,17,18,19)/t13-/m0/s1. The van der Waals surface area contributed by atoms with E-state index in [1.54, 1.807) is 6.07 Å². The van der Waals surface area contributed by atoms with Crippen molar-refractivity contribution in [3.8, 4) is 11.6 Å². The lowest BCUT2D eigenvalue weighted by atomic mass is 10.1. The van der Waals surface area contributed by atoms with E-state index in [0.29, 0.717) is 18.1 Å². The molecule has 6 nitrogen and oxygen atoms in total. The fraction of sp³-hybridized carbons (Fsp3) is 0.312. The number of nitrogens with one attached hydrogen (secondary N) is 1. The molecule has 0 bridgehead atoms. The minimum atomic E-state index is -0.911. The molecule has 0 amide bonds. The Hall–Kier alpha value is -2.63. The highest BCUT2D eigenvalue weighted by atomic mass is 16.5. The molecule has 0 spiro atoms. The van der Waals surface area contributed by atoms with Crippen LogP contribution < -0.4 is 10.1 Å². The molecule has 1 heterocycles. The number of aromatic nitrogens is 2. The third-order valence-corrected chi connectivity index (χ3v) is 3.04. The first-order chi connectivity index (χ1) is 10.7. The van der Waals surface area contributed by atoms with Gasteiger partial charge in [0, 0.05) is 12.3 Å². The molecule has 1 aromatic carbocycles. The Labute approximate surface area is 129 Å². The lowest BCUT2D eigenvalue weighted by Crippen LogP contribution is -2.30. The van der Waals surface area contributed by atoms with Gasteiger partial charge < -0.3 is 15.2 Å². The van der Waals surface area contributed by atoms with Crippen LogP contribution >= 0.6 is 0 Å². The lowest BCUT2D eigenvalue weighted by molar-refractivity contribution is -0.138. The number of nitrogens with zero attached hydrogens (tertiary/aromatic N) is 2. The molecule has 0 aliphatic rings. The van der Waals surface area contributed by atoms with Crippen LogP contribution in [0.2, 0.25) is 0 Å². The highest BCUT2D eigenvalue weighted by Crippen LogP contribution is 2.19. The largest absolute Gasteiger partial charge is 0.480 e. The summed E-state index contributed by atoms with van der Waals surface area (Å²) in [6.07, 6.45) is 3.82. The number of carboxylic acid groups (broad SMARTS) is 1. The Morgan fingerprint density at radius 2 is 2.09 bits per heavy atom. The minimum absolute atomic E-state index is 0.247. The van der Waals surface area contributed by atoms with Crippen molar-refractivity contribution in [2.45, 2.75) is 32.2 Å². The van der Waals surface area contributed by atoms with Crippen LogP contribution in [0, 0.1) is 0 Å². The molecular formula is C16H19N3O3. The van der Waals surface area contributed by atoms with Crippen molar-refractivity contribution >= 4 is 11.9 Å². The van der Waals surface area contributed by atoms with Gasteiger partial charge in [-0.05, 0) is 18.6 Å². The van der Waals surface area contributed by atoms with E-state index in [9.17, 15) is 9.90 Å². The van der Waals surface area contributed by atoms with Gasteiger partial charge in [-0.1, -0.05) is 38.0 Å². The van der Waals surface area contributed by atoms with Crippen molar-refractivity contribution in [3.63, 3.8) is 0 Å². The average molecular weight is 301 g/mol. The van der Waals surface area contributed by atoms with Crippen LogP contribution in [0.4, 0.5) is 5.95 Å². The molecule has 22 heavy (non-hydrogen) atoms. The van der Waals surface area contributed by atoms with Crippen molar-refractivity contribution < 1.29 is 14.6 Å². The van der Waals surface area contributed by atoms with Crippen LogP contribution in [-0.2, 0) is 4.79 Å². The number of aliphatic carboxylic acids is 1. The fourth-order valence-electron chi connectivity index (χ4n) is 1.90. The third-order valence-electron chi connectivity index (χ3n) is 3.04. The van der Waals surface area contributed by atoms with Gasteiger partial charge >= 0.3 is 5.97 Å². The van der Waals surface area contributed by atoms with Gasteiger partial charge in [0.25, 0.3) is 0 Å². The summed E-state index contributed by atoms with van der Waals surface area (Å²) in [5.74, 6) is 0.361. The molecule has 0 radical (unpaired) electrons. The SMILES string of the molecule is CCCC[C@H](Nc1nccc(Oc2ccccc2)n1)C(=O)O. The predicted molar refractivity (Wildman–Crippen MR) is 83.1 cm³/mol. The number of rotatable bonds is 8.